The number of rotatable bonds is 9. The third-order valence-corrected chi connectivity index (χ3v) is 7.33. The van der Waals surface area contributed by atoms with Crippen molar-refractivity contribution in [2.45, 2.75) is 24.2 Å². The van der Waals surface area contributed by atoms with Crippen molar-refractivity contribution < 1.29 is 17.9 Å². The first-order valence-corrected chi connectivity index (χ1v) is 12.8. The Morgan fingerprint density at radius 3 is 2.34 bits per heavy atom. The van der Waals surface area contributed by atoms with E-state index in [1.165, 1.54) is 19.2 Å². The Labute approximate surface area is 214 Å². The van der Waals surface area contributed by atoms with Gasteiger partial charge in [-0.25, -0.2) is 13.1 Å². The van der Waals surface area contributed by atoms with Gasteiger partial charge in [0.1, 0.15) is 5.75 Å². The van der Waals surface area contributed by atoms with E-state index in [1.54, 1.807) is 55.5 Å². The number of amides is 1. The molecule has 10 heteroatoms. The average Bonchev–Trinajstić information content (AvgIpc) is 2.83. The summed E-state index contributed by atoms with van der Waals surface area (Å²) in [5.41, 5.74) is 2.55. The number of carbonyl (C=O) groups is 1. The van der Waals surface area contributed by atoms with E-state index < -0.39 is 15.9 Å². The van der Waals surface area contributed by atoms with E-state index in [0.29, 0.717) is 32.6 Å². The van der Waals surface area contributed by atoms with Gasteiger partial charge in [-0.1, -0.05) is 41.4 Å². The van der Waals surface area contributed by atoms with Crippen LogP contribution in [-0.4, -0.2) is 28.0 Å². The smallest absolute Gasteiger partial charge is 0.240 e. The van der Waals surface area contributed by atoms with Crippen LogP contribution in [0.3, 0.4) is 0 Å². The van der Waals surface area contributed by atoms with Crippen LogP contribution < -0.4 is 14.8 Å². The van der Waals surface area contributed by atoms with Gasteiger partial charge in [0.25, 0.3) is 0 Å². The van der Waals surface area contributed by atoms with Gasteiger partial charge < -0.3 is 10.1 Å². The molecule has 3 rings (SSSR count). The molecule has 1 amide bonds. The molecule has 3 aromatic rings. The standard InChI is InChI=1S/C25H23Cl2N3O4S/c1-16-13-21(22(15-28)17-3-5-18(26)6-4-17)23(27)14-24(16)30-25(31)11-12-29-35(32,33)20-9-7-19(34-2)8-10-20/h3-10,13-14,22,29H,11-12H2,1-2H3,(H,30,31). The van der Waals surface area contributed by atoms with E-state index in [9.17, 15) is 18.5 Å². The molecule has 35 heavy (non-hydrogen) atoms. The van der Waals surface area contributed by atoms with E-state index >= 15 is 0 Å². The monoisotopic (exact) mass is 531 g/mol. The fourth-order valence-corrected chi connectivity index (χ4v) is 4.82. The number of nitrogens with zero attached hydrogens (tertiary/aromatic N) is 1. The molecule has 0 saturated heterocycles. The van der Waals surface area contributed by atoms with Crippen LogP contribution in [0.15, 0.2) is 65.6 Å². The van der Waals surface area contributed by atoms with Crippen LogP contribution in [0.4, 0.5) is 5.69 Å². The van der Waals surface area contributed by atoms with E-state index in [-0.39, 0.29) is 23.8 Å². The Morgan fingerprint density at radius 2 is 1.74 bits per heavy atom. The van der Waals surface area contributed by atoms with E-state index in [1.807, 2.05) is 0 Å². The third kappa shape index (κ3) is 6.74. The number of nitriles is 1. The van der Waals surface area contributed by atoms with Gasteiger partial charge in [0.2, 0.25) is 15.9 Å². The maximum Gasteiger partial charge on any atom is 0.240 e. The molecule has 2 N–H and O–H groups in total. The minimum Gasteiger partial charge on any atom is -0.497 e. The molecule has 182 valence electrons. The summed E-state index contributed by atoms with van der Waals surface area (Å²) in [6.07, 6.45) is -0.0835. The number of carbonyl (C=O) groups excluding carboxylic acids is 1. The van der Waals surface area contributed by atoms with Gasteiger partial charge in [0.15, 0.2) is 0 Å². The SMILES string of the molecule is COc1ccc(S(=O)(=O)NCCC(=O)Nc2cc(Cl)c(C(C#N)c3ccc(Cl)cc3)cc2C)cc1. The molecule has 0 aliphatic carbocycles. The zero-order chi connectivity index (χ0) is 25.6. The van der Waals surface area contributed by atoms with Crippen LogP contribution in [0.2, 0.25) is 10.0 Å². The van der Waals surface area contributed by atoms with Crippen LogP contribution in [-0.2, 0) is 14.8 Å². The molecule has 0 bridgehead atoms. The minimum absolute atomic E-state index is 0.0738. The number of hydrogen-bond acceptors (Lipinski definition) is 5. The molecular formula is C25H23Cl2N3O4S. The van der Waals surface area contributed by atoms with Crippen molar-refractivity contribution in [2.75, 3.05) is 19.0 Å². The van der Waals surface area contributed by atoms with Crippen molar-refractivity contribution in [3.8, 4) is 11.8 Å². The summed E-state index contributed by atoms with van der Waals surface area (Å²) in [5, 5.41) is 13.4. The Hall–Kier alpha value is -3.09. The summed E-state index contributed by atoms with van der Waals surface area (Å²) in [6, 6.07) is 18.5. The molecule has 1 unspecified atom stereocenters. The highest BCUT2D eigenvalue weighted by Crippen LogP contribution is 2.34. The first kappa shape index (κ1) is 26.5. The molecular weight excluding hydrogens is 509 g/mol. The Kier molecular flexibility index (Phi) is 8.76. The second-order valence-corrected chi connectivity index (χ2v) is 10.3. The Bertz CT molecular complexity index is 1350. The number of benzene rings is 3. The fourth-order valence-electron chi connectivity index (χ4n) is 3.39. The summed E-state index contributed by atoms with van der Waals surface area (Å²) in [4.78, 5) is 12.5. The van der Waals surface area contributed by atoms with Crippen molar-refractivity contribution in [2.24, 2.45) is 0 Å². The number of aryl methyl sites for hydroxylation is 1. The van der Waals surface area contributed by atoms with Gasteiger partial charge in [-0.15, -0.1) is 0 Å². The Balaban J connectivity index is 1.64. The quantitative estimate of drug-likeness (QED) is 0.390. The summed E-state index contributed by atoms with van der Waals surface area (Å²) in [7, 11) is -2.27. The summed E-state index contributed by atoms with van der Waals surface area (Å²) in [5.74, 6) is -0.447. The van der Waals surface area contributed by atoms with Gasteiger partial charge >= 0.3 is 0 Å². The first-order chi connectivity index (χ1) is 16.6. The molecule has 0 saturated carbocycles. The van der Waals surface area contributed by atoms with Crippen LogP contribution in [0.25, 0.3) is 0 Å². The Morgan fingerprint density at radius 1 is 1.09 bits per heavy atom. The van der Waals surface area contributed by atoms with Gasteiger partial charge in [0, 0.05) is 28.7 Å². The minimum atomic E-state index is -3.76. The van der Waals surface area contributed by atoms with Gasteiger partial charge in [-0.2, -0.15) is 5.26 Å². The van der Waals surface area contributed by atoms with Crippen LogP contribution in [0, 0.1) is 18.3 Å². The van der Waals surface area contributed by atoms with E-state index in [4.69, 9.17) is 27.9 Å². The summed E-state index contributed by atoms with van der Waals surface area (Å²) < 4.78 is 32.2. The largest absolute Gasteiger partial charge is 0.497 e. The van der Waals surface area contributed by atoms with Crippen LogP contribution in [0.5, 0.6) is 5.75 Å². The number of sulfonamides is 1. The molecule has 7 nitrogen and oxygen atoms in total. The van der Waals surface area contributed by atoms with Crippen LogP contribution >= 0.6 is 23.2 Å². The van der Waals surface area contributed by atoms with E-state index in [0.717, 1.165) is 5.56 Å². The molecule has 0 aromatic heterocycles. The van der Waals surface area contributed by atoms with Crippen molar-refractivity contribution in [1.29, 1.82) is 5.26 Å². The average molecular weight is 532 g/mol. The zero-order valence-electron chi connectivity index (χ0n) is 19.0. The number of hydrogen-bond donors (Lipinski definition) is 2. The van der Waals surface area contributed by atoms with Crippen molar-refractivity contribution >= 4 is 44.8 Å². The fraction of sp³-hybridized carbons (Fsp3) is 0.200. The highest BCUT2D eigenvalue weighted by molar-refractivity contribution is 7.89. The van der Waals surface area contributed by atoms with E-state index in [2.05, 4.69) is 16.1 Å². The normalized spacial score (nSPS) is 12.0. The number of nitrogens with one attached hydrogen (secondary N) is 2. The van der Waals surface area contributed by atoms with Gasteiger partial charge in [0.05, 0.1) is 24.0 Å². The van der Waals surface area contributed by atoms with Gasteiger partial charge in [-0.05, 0) is 66.1 Å². The summed E-state index contributed by atoms with van der Waals surface area (Å²) in [6.45, 7) is 1.70. The van der Waals surface area contributed by atoms with Crippen molar-refractivity contribution in [1.82, 2.24) is 4.72 Å². The first-order valence-electron chi connectivity index (χ1n) is 10.5. The molecule has 0 spiro atoms. The molecule has 1 atom stereocenters. The number of halogens is 2. The molecule has 0 heterocycles. The number of methoxy groups -OCH3 is 1. The van der Waals surface area contributed by atoms with Crippen molar-refractivity contribution in [3.05, 3.63) is 87.4 Å². The lowest BCUT2D eigenvalue weighted by atomic mass is 9.91. The third-order valence-electron chi connectivity index (χ3n) is 5.28. The number of ether oxygens (including phenoxy) is 1. The highest BCUT2D eigenvalue weighted by atomic mass is 35.5. The van der Waals surface area contributed by atoms with Crippen LogP contribution in [0.1, 0.15) is 29.0 Å². The molecule has 3 aromatic carbocycles. The maximum absolute atomic E-state index is 12.4. The second kappa shape index (κ2) is 11.6. The topological polar surface area (TPSA) is 108 Å². The second-order valence-electron chi connectivity index (χ2n) is 7.67. The molecule has 0 radical (unpaired) electrons. The lowest BCUT2D eigenvalue weighted by Gasteiger charge is -2.16. The predicted molar refractivity (Wildman–Crippen MR) is 137 cm³/mol. The molecule has 0 aliphatic rings. The summed E-state index contributed by atoms with van der Waals surface area (Å²) >= 11 is 12.4. The maximum atomic E-state index is 12.4. The molecule has 0 fully saturated rings. The van der Waals surface area contributed by atoms with Gasteiger partial charge in [-0.3, -0.25) is 4.79 Å². The zero-order valence-corrected chi connectivity index (χ0v) is 21.3. The lowest BCUT2D eigenvalue weighted by Crippen LogP contribution is -2.28. The predicted octanol–water partition coefficient (Wildman–Crippen LogP) is 5.27. The molecule has 0 aliphatic heterocycles. The highest BCUT2D eigenvalue weighted by Gasteiger charge is 2.19. The number of anilines is 1. The van der Waals surface area contributed by atoms with Crippen molar-refractivity contribution in [3.63, 3.8) is 0 Å². The lowest BCUT2D eigenvalue weighted by molar-refractivity contribution is -0.116.